The predicted octanol–water partition coefficient (Wildman–Crippen LogP) is 2.10. The molecule has 4 aromatic rings. The van der Waals surface area contributed by atoms with Crippen LogP contribution in [0.5, 0.6) is 0 Å². The van der Waals surface area contributed by atoms with Gasteiger partial charge in [0.05, 0.1) is 11.8 Å². The first-order valence-corrected chi connectivity index (χ1v) is 12.1. The van der Waals surface area contributed by atoms with Crippen LogP contribution in [0.3, 0.4) is 0 Å². The molecule has 1 aliphatic carbocycles. The molecule has 1 amide bonds. The molecule has 3 heterocycles. The summed E-state index contributed by atoms with van der Waals surface area (Å²) in [6, 6.07) is 7.88. The topological polar surface area (TPSA) is 153 Å². The lowest BCUT2D eigenvalue weighted by molar-refractivity contribution is -0.113. The van der Waals surface area contributed by atoms with Crippen molar-refractivity contribution in [3.05, 3.63) is 24.3 Å². The largest absolute Gasteiger partial charge is 0.355 e. The SMILES string of the molecule is CCNc1nc(NCC)n2c(SCC(=O)Nc3cccc(-c4nnnn4C4CC4)c3)nnc2n1. The van der Waals surface area contributed by atoms with Crippen molar-refractivity contribution in [2.24, 2.45) is 0 Å². The quantitative estimate of drug-likeness (QED) is 0.286. The van der Waals surface area contributed by atoms with Gasteiger partial charge in [-0.25, -0.2) is 9.08 Å². The molecule has 1 saturated carbocycles. The molecule has 0 radical (unpaired) electrons. The average molecular weight is 481 g/mol. The van der Waals surface area contributed by atoms with Gasteiger partial charge < -0.3 is 16.0 Å². The number of benzene rings is 1. The van der Waals surface area contributed by atoms with Crippen LogP contribution in [0.15, 0.2) is 29.4 Å². The molecule has 1 aromatic carbocycles. The van der Waals surface area contributed by atoms with E-state index < -0.39 is 0 Å². The second-order valence-electron chi connectivity index (χ2n) is 7.65. The number of anilines is 3. The zero-order valence-electron chi connectivity index (χ0n) is 18.8. The summed E-state index contributed by atoms with van der Waals surface area (Å²) < 4.78 is 3.55. The molecule has 1 aliphatic rings. The number of nitrogens with one attached hydrogen (secondary N) is 3. The maximum atomic E-state index is 12.7. The summed E-state index contributed by atoms with van der Waals surface area (Å²) >= 11 is 1.26. The van der Waals surface area contributed by atoms with Crippen molar-refractivity contribution in [3.8, 4) is 11.4 Å². The standard InChI is InChI=1S/C20H24N12OS/c1-3-21-17-24-18(22-4-2)31-19(25-17)27-28-20(31)34-11-15(33)23-13-7-5-6-12(10-13)16-26-29-30-32(16)14-8-9-14/h5-7,10,14H,3-4,8-9,11H2,1-2H3,(H,23,33)(H2,21,22,24,25,27). The number of tetrazole rings is 1. The molecular weight excluding hydrogens is 456 g/mol. The van der Waals surface area contributed by atoms with Gasteiger partial charge in [0, 0.05) is 24.3 Å². The fraction of sp³-hybridized carbons (Fsp3) is 0.400. The highest BCUT2D eigenvalue weighted by Gasteiger charge is 2.28. The van der Waals surface area contributed by atoms with E-state index in [1.54, 1.807) is 4.40 Å². The Kier molecular flexibility index (Phi) is 6.20. The third-order valence-corrected chi connectivity index (χ3v) is 5.97. The Hall–Kier alpha value is -3.81. The van der Waals surface area contributed by atoms with E-state index in [1.165, 1.54) is 11.8 Å². The number of aromatic nitrogens is 9. The fourth-order valence-electron chi connectivity index (χ4n) is 3.41. The third-order valence-electron chi connectivity index (χ3n) is 5.04. The maximum Gasteiger partial charge on any atom is 0.261 e. The zero-order valence-corrected chi connectivity index (χ0v) is 19.6. The minimum absolute atomic E-state index is 0.144. The Labute approximate surface area is 199 Å². The first-order valence-electron chi connectivity index (χ1n) is 11.1. The summed E-state index contributed by atoms with van der Waals surface area (Å²) in [4.78, 5) is 21.5. The van der Waals surface area contributed by atoms with Gasteiger partial charge in [0.1, 0.15) is 0 Å². The highest BCUT2D eigenvalue weighted by molar-refractivity contribution is 7.99. The van der Waals surface area contributed by atoms with Crippen LogP contribution < -0.4 is 16.0 Å². The van der Waals surface area contributed by atoms with Crippen LogP contribution in [-0.2, 0) is 4.79 Å². The molecule has 176 valence electrons. The van der Waals surface area contributed by atoms with Crippen molar-refractivity contribution in [1.82, 2.24) is 44.8 Å². The maximum absolute atomic E-state index is 12.7. The van der Waals surface area contributed by atoms with E-state index >= 15 is 0 Å². The molecule has 3 aromatic heterocycles. The number of fused-ring (bicyclic) bond motifs is 1. The second-order valence-corrected chi connectivity index (χ2v) is 8.59. The van der Waals surface area contributed by atoms with E-state index in [0.29, 0.717) is 53.5 Å². The number of nitrogens with zero attached hydrogens (tertiary/aromatic N) is 9. The Bertz CT molecular complexity index is 1310. The molecule has 14 heteroatoms. The Morgan fingerprint density at radius 1 is 1.12 bits per heavy atom. The number of amides is 1. The van der Waals surface area contributed by atoms with Crippen LogP contribution >= 0.6 is 11.8 Å². The van der Waals surface area contributed by atoms with Gasteiger partial charge in [0.15, 0.2) is 11.0 Å². The smallest absolute Gasteiger partial charge is 0.261 e. The van der Waals surface area contributed by atoms with E-state index in [1.807, 2.05) is 42.8 Å². The van der Waals surface area contributed by atoms with Gasteiger partial charge in [0.25, 0.3) is 5.78 Å². The van der Waals surface area contributed by atoms with Gasteiger partial charge in [-0.15, -0.1) is 15.3 Å². The van der Waals surface area contributed by atoms with E-state index in [9.17, 15) is 4.79 Å². The number of rotatable bonds is 10. The lowest BCUT2D eigenvalue weighted by Crippen LogP contribution is -2.15. The Balaban J connectivity index is 1.28. The third kappa shape index (κ3) is 4.62. The second kappa shape index (κ2) is 9.59. The summed E-state index contributed by atoms with van der Waals surface area (Å²) in [5, 5.41) is 30.1. The summed E-state index contributed by atoms with van der Waals surface area (Å²) in [5.74, 6) is 2.13. The van der Waals surface area contributed by atoms with Gasteiger partial charge in [-0.2, -0.15) is 9.97 Å². The van der Waals surface area contributed by atoms with Crippen LogP contribution in [0.2, 0.25) is 0 Å². The van der Waals surface area contributed by atoms with Crippen molar-refractivity contribution < 1.29 is 4.79 Å². The molecule has 0 aliphatic heterocycles. The average Bonchev–Trinajstić information content (AvgIpc) is 3.40. The van der Waals surface area contributed by atoms with E-state index in [0.717, 1.165) is 18.4 Å². The Morgan fingerprint density at radius 3 is 2.76 bits per heavy atom. The highest BCUT2D eigenvalue weighted by atomic mass is 32.2. The van der Waals surface area contributed by atoms with Crippen molar-refractivity contribution >= 4 is 41.0 Å². The molecule has 34 heavy (non-hydrogen) atoms. The number of hydrogen-bond donors (Lipinski definition) is 3. The number of hydrogen-bond acceptors (Lipinski definition) is 11. The van der Waals surface area contributed by atoms with E-state index in [2.05, 4.69) is 51.6 Å². The molecule has 5 rings (SSSR count). The van der Waals surface area contributed by atoms with Crippen molar-refractivity contribution in [3.63, 3.8) is 0 Å². The van der Waals surface area contributed by atoms with Crippen LogP contribution in [0.4, 0.5) is 17.6 Å². The first-order chi connectivity index (χ1) is 16.7. The van der Waals surface area contributed by atoms with Crippen LogP contribution in [0.25, 0.3) is 17.2 Å². The summed E-state index contributed by atoms with van der Waals surface area (Å²) in [7, 11) is 0. The van der Waals surface area contributed by atoms with E-state index in [4.69, 9.17) is 0 Å². The molecule has 0 saturated heterocycles. The van der Waals surface area contributed by atoms with Crippen molar-refractivity contribution in [2.45, 2.75) is 37.9 Å². The summed E-state index contributed by atoms with van der Waals surface area (Å²) in [5.41, 5.74) is 1.53. The molecule has 0 atom stereocenters. The molecule has 13 nitrogen and oxygen atoms in total. The van der Waals surface area contributed by atoms with Gasteiger partial charge >= 0.3 is 0 Å². The fourth-order valence-corrected chi connectivity index (χ4v) is 4.14. The van der Waals surface area contributed by atoms with Gasteiger partial charge in [0.2, 0.25) is 17.8 Å². The predicted molar refractivity (Wildman–Crippen MR) is 128 cm³/mol. The lowest BCUT2D eigenvalue weighted by atomic mass is 10.2. The number of carbonyl (C=O) groups is 1. The number of thioether (sulfide) groups is 1. The minimum atomic E-state index is -0.170. The number of carbonyl (C=O) groups excluding carboxylic acids is 1. The monoisotopic (exact) mass is 480 g/mol. The summed E-state index contributed by atoms with van der Waals surface area (Å²) in [6.45, 7) is 5.30. The molecule has 0 unspecified atom stereocenters. The lowest BCUT2D eigenvalue weighted by Gasteiger charge is -2.10. The molecular formula is C20H24N12OS. The summed E-state index contributed by atoms with van der Waals surface area (Å²) in [6.07, 6.45) is 2.17. The van der Waals surface area contributed by atoms with Gasteiger partial charge in [-0.05, 0) is 49.2 Å². The molecule has 0 spiro atoms. The zero-order chi connectivity index (χ0) is 23.5. The van der Waals surface area contributed by atoms with Crippen molar-refractivity contribution in [1.29, 1.82) is 0 Å². The highest BCUT2D eigenvalue weighted by Crippen LogP contribution is 2.36. The van der Waals surface area contributed by atoms with Crippen LogP contribution in [0.1, 0.15) is 32.7 Å². The van der Waals surface area contributed by atoms with Gasteiger partial charge in [-0.1, -0.05) is 23.9 Å². The van der Waals surface area contributed by atoms with Crippen LogP contribution in [-0.4, -0.2) is 69.5 Å². The van der Waals surface area contributed by atoms with Crippen LogP contribution in [0, 0.1) is 0 Å². The Morgan fingerprint density at radius 2 is 1.97 bits per heavy atom. The normalized spacial score (nSPS) is 13.2. The minimum Gasteiger partial charge on any atom is -0.355 e. The van der Waals surface area contributed by atoms with E-state index in [-0.39, 0.29) is 11.7 Å². The molecule has 1 fully saturated rings. The first kappa shape index (κ1) is 22.0. The van der Waals surface area contributed by atoms with Crippen molar-refractivity contribution in [2.75, 3.05) is 34.8 Å². The molecule has 3 N–H and O–H groups in total. The van der Waals surface area contributed by atoms with Gasteiger partial charge in [-0.3, -0.25) is 4.79 Å². The molecule has 0 bridgehead atoms.